The standard InChI is InChI=1S/C17H25NO6/c1-17(2,3)9-6-4-8(5-7-9)16(24)18-10-11(19)13(21)15(23)14(22)12(10)20/h4-7,10-15,19-23H,1-3H3,(H,18,24)/t10?,11-,12+,13+,14-,15?. The van der Waals surface area contributed by atoms with Crippen LogP contribution in [0.15, 0.2) is 24.3 Å². The van der Waals surface area contributed by atoms with Crippen molar-refractivity contribution < 1.29 is 30.3 Å². The third kappa shape index (κ3) is 3.60. The van der Waals surface area contributed by atoms with Crippen molar-refractivity contribution in [2.75, 3.05) is 0 Å². The number of aliphatic hydroxyl groups is 5. The van der Waals surface area contributed by atoms with Gasteiger partial charge >= 0.3 is 0 Å². The first-order chi connectivity index (χ1) is 11.0. The second-order valence-corrected chi connectivity index (χ2v) is 7.28. The molecule has 0 bridgehead atoms. The maximum Gasteiger partial charge on any atom is 0.251 e. The minimum absolute atomic E-state index is 0.0604. The van der Waals surface area contributed by atoms with Crippen molar-refractivity contribution in [3.8, 4) is 0 Å². The normalized spacial score (nSPS) is 34.0. The first kappa shape index (κ1) is 18.8. The predicted octanol–water partition coefficient (Wildman–Crippen LogP) is -1.10. The summed E-state index contributed by atoms with van der Waals surface area (Å²) in [6, 6.07) is 5.58. The van der Waals surface area contributed by atoms with Crippen molar-refractivity contribution in [2.24, 2.45) is 0 Å². The fourth-order valence-electron chi connectivity index (χ4n) is 2.76. The van der Waals surface area contributed by atoms with E-state index in [1.165, 1.54) is 0 Å². The number of amides is 1. The molecule has 0 radical (unpaired) electrons. The van der Waals surface area contributed by atoms with Crippen LogP contribution >= 0.6 is 0 Å². The van der Waals surface area contributed by atoms with Gasteiger partial charge in [0.25, 0.3) is 5.91 Å². The van der Waals surface area contributed by atoms with E-state index in [1.807, 2.05) is 32.9 Å². The Bertz CT molecular complexity index is 566. The van der Waals surface area contributed by atoms with Gasteiger partial charge < -0.3 is 30.8 Å². The zero-order valence-corrected chi connectivity index (χ0v) is 13.9. The van der Waals surface area contributed by atoms with E-state index in [4.69, 9.17) is 0 Å². The van der Waals surface area contributed by atoms with Crippen LogP contribution in [0.5, 0.6) is 0 Å². The van der Waals surface area contributed by atoms with Crippen LogP contribution in [-0.2, 0) is 5.41 Å². The van der Waals surface area contributed by atoms with E-state index in [-0.39, 0.29) is 5.41 Å². The molecule has 2 rings (SSSR count). The Hall–Kier alpha value is -1.51. The van der Waals surface area contributed by atoms with Gasteiger partial charge in [0.1, 0.15) is 30.5 Å². The van der Waals surface area contributed by atoms with E-state index in [0.717, 1.165) is 5.56 Å². The zero-order chi connectivity index (χ0) is 18.2. The van der Waals surface area contributed by atoms with Crippen molar-refractivity contribution in [1.82, 2.24) is 5.32 Å². The fraction of sp³-hybridized carbons (Fsp3) is 0.588. The van der Waals surface area contributed by atoms with Gasteiger partial charge in [0.05, 0.1) is 6.04 Å². The molecule has 1 amide bonds. The molecule has 6 atom stereocenters. The second-order valence-electron chi connectivity index (χ2n) is 7.28. The fourth-order valence-corrected chi connectivity index (χ4v) is 2.76. The van der Waals surface area contributed by atoms with E-state index in [9.17, 15) is 30.3 Å². The first-order valence-electron chi connectivity index (χ1n) is 7.86. The molecule has 1 aliphatic carbocycles. The van der Waals surface area contributed by atoms with Gasteiger partial charge in [-0.25, -0.2) is 0 Å². The van der Waals surface area contributed by atoms with Crippen LogP contribution in [-0.4, -0.2) is 68.0 Å². The minimum Gasteiger partial charge on any atom is -0.388 e. The summed E-state index contributed by atoms with van der Waals surface area (Å²) >= 11 is 0. The highest BCUT2D eigenvalue weighted by Gasteiger charge is 2.48. The highest BCUT2D eigenvalue weighted by molar-refractivity contribution is 5.94. The molecule has 0 saturated heterocycles. The Balaban J connectivity index is 2.13. The molecule has 0 heterocycles. The molecule has 134 valence electrons. The number of hydrogen-bond donors (Lipinski definition) is 6. The molecule has 0 spiro atoms. The van der Waals surface area contributed by atoms with Gasteiger partial charge in [-0.3, -0.25) is 4.79 Å². The van der Waals surface area contributed by atoms with E-state index < -0.39 is 42.5 Å². The Morgan fingerprint density at radius 1 is 0.833 bits per heavy atom. The van der Waals surface area contributed by atoms with E-state index in [2.05, 4.69) is 5.32 Å². The van der Waals surface area contributed by atoms with Crippen LogP contribution in [0.1, 0.15) is 36.7 Å². The molecule has 1 aromatic carbocycles. The molecule has 1 aromatic rings. The van der Waals surface area contributed by atoms with Gasteiger partial charge in [0.15, 0.2) is 0 Å². The van der Waals surface area contributed by atoms with Crippen molar-refractivity contribution in [3.05, 3.63) is 35.4 Å². The summed E-state index contributed by atoms with van der Waals surface area (Å²) in [5.41, 5.74) is 1.30. The Morgan fingerprint density at radius 2 is 1.25 bits per heavy atom. The average molecular weight is 339 g/mol. The molecular weight excluding hydrogens is 314 g/mol. The molecular formula is C17H25NO6. The largest absolute Gasteiger partial charge is 0.388 e. The number of carbonyl (C=O) groups is 1. The molecule has 7 heteroatoms. The number of nitrogens with one attached hydrogen (secondary N) is 1. The predicted molar refractivity (Wildman–Crippen MR) is 86.4 cm³/mol. The van der Waals surface area contributed by atoms with Crippen LogP contribution in [0.3, 0.4) is 0 Å². The monoisotopic (exact) mass is 339 g/mol. The summed E-state index contributed by atoms with van der Waals surface area (Å²) < 4.78 is 0. The SMILES string of the molecule is CC(C)(C)c1ccc(C(=O)NC2[C@@H](O)[C@H](O)C(O)[C@H](O)[C@H]2O)cc1. The van der Waals surface area contributed by atoms with E-state index >= 15 is 0 Å². The summed E-state index contributed by atoms with van der Waals surface area (Å²) in [6.07, 6.45) is -8.23. The highest BCUT2D eigenvalue weighted by Crippen LogP contribution is 2.24. The summed E-state index contributed by atoms with van der Waals surface area (Å²) in [5, 5.41) is 51.2. The number of aliphatic hydroxyl groups excluding tert-OH is 5. The van der Waals surface area contributed by atoms with E-state index in [1.54, 1.807) is 12.1 Å². The first-order valence-corrected chi connectivity index (χ1v) is 7.86. The number of hydrogen-bond acceptors (Lipinski definition) is 6. The van der Waals surface area contributed by atoms with Crippen LogP contribution < -0.4 is 5.32 Å². The van der Waals surface area contributed by atoms with Crippen molar-refractivity contribution in [1.29, 1.82) is 0 Å². The van der Waals surface area contributed by atoms with Crippen LogP contribution in [0, 0.1) is 0 Å². The van der Waals surface area contributed by atoms with Gasteiger partial charge in [-0.15, -0.1) is 0 Å². The summed E-state index contributed by atoms with van der Waals surface area (Å²) in [5.74, 6) is -0.561. The van der Waals surface area contributed by atoms with Crippen LogP contribution in [0.4, 0.5) is 0 Å². The number of rotatable bonds is 2. The lowest BCUT2D eigenvalue weighted by Gasteiger charge is -2.42. The number of benzene rings is 1. The molecule has 1 aliphatic rings. The van der Waals surface area contributed by atoms with Crippen LogP contribution in [0.2, 0.25) is 0 Å². The Morgan fingerprint density at radius 3 is 1.67 bits per heavy atom. The van der Waals surface area contributed by atoms with Gasteiger partial charge in [0.2, 0.25) is 0 Å². The lowest BCUT2D eigenvalue weighted by Crippen LogP contribution is -2.68. The minimum atomic E-state index is -1.69. The van der Waals surface area contributed by atoms with Gasteiger partial charge in [0, 0.05) is 5.56 Å². The topological polar surface area (TPSA) is 130 Å². The van der Waals surface area contributed by atoms with Crippen molar-refractivity contribution in [3.63, 3.8) is 0 Å². The van der Waals surface area contributed by atoms with Crippen molar-refractivity contribution in [2.45, 2.75) is 62.7 Å². The highest BCUT2D eigenvalue weighted by atomic mass is 16.4. The maximum atomic E-state index is 12.3. The quantitative estimate of drug-likeness (QED) is 0.406. The molecule has 1 saturated carbocycles. The lowest BCUT2D eigenvalue weighted by atomic mass is 9.83. The molecule has 7 nitrogen and oxygen atoms in total. The molecule has 2 unspecified atom stereocenters. The van der Waals surface area contributed by atoms with Crippen LogP contribution in [0.25, 0.3) is 0 Å². The van der Waals surface area contributed by atoms with Gasteiger partial charge in [-0.2, -0.15) is 0 Å². The summed E-state index contributed by atoms with van der Waals surface area (Å²) in [4.78, 5) is 12.3. The third-order valence-corrected chi connectivity index (χ3v) is 4.45. The van der Waals surface area contributed by atoms with Gasteiger partial charge in [-0.05, 0) is 23.1 Å². The summed E-state index contributed by atoms with van der Waals surface area (Å²) in [7, 11) is 0. The second kappa shape index (κ2) is 6.78. The Labute approximate surface area is 140 Å². The zero-order valence-electron chi connectivity index (χ0n) is 13.9. The smallest absolute Gasteiger partial charge is 0.251 e. The van der Waals surface area contributed by atoms with Crippen molar-refractivity contribution >= 4 is 5.91 Å². The molecule has 6 N–H and O–H groups in total. The lowest BCUT2D eigenvalue weighted by molar-refractivity contribution is -0.188. The maximum absolute atomic E-state index is 12.3. The van der Waals surface area contributed by atoms with E-state index in [0.29, 0.717) is 5.56 Å². The molecule has 0 aliphatic heterocycles. The summed E-state index contributed by atoms with van der Waals surface area (Å²) in [6.45, 7) is 6.14. The van der Waals surface area contributed by atoms with Gasteiger partial charge in [-0.1, -0.05) is 32.9 Å². The molecule has 24 heavy (non-hydrogen) atoms. The third-order valence-electron chi connectivity index (χ3n) is 4.45. The Kier molecular flexibility index (Phi) is 5.31. The molecule has 0 aromatic heterocycles. The number of carbonyl (C=O) groups excluding carboxylic acids is 1. The molecule has 1 fully saturated rings. The average Bonchev–Trinajstić information content (AvgIpc) is 2.54.